The number of aromatic amines is 1. The van der Waals surface area contributed by atoms with Crippen LogP contribution < -0.4 is 16.1 Å². The molecule has 1 aliphatic heterocycles. The number of hydrogen-bond acceptors (Lipinski definition) is 5. The molecule has 1 N–H and O–H groups in total. The Morgan fingerprint density at radius 2 is 1.83 bits per heavy atom. The third kappa shape index (κ3) is 3.63. The number of aryl methyl sites for hydroxylation is 2. The quantitative estimate of drug-likeness (QED) is 0.659. The molecule has 8 nitrogen and oxygen atoms in total. The van der Waals surface area contributed by atoms with Gasteiger partial charge in [-0.05, 0) is 12.5 Å². The lowest BCUT2D eigenvalue weighted by Gasteiger charge is -2.35. The van der Waals surface area contributed by atoms with Crippen molar-refractivity contribution in [3.63, 3.8) is 0 Å². The molecular formula is C21H26N6O2. The lowest BCUT2D eigenvalue weighted by Crippen LogP contribution is -2.46. The van der Waals surface area contributed by atoms with Crippen molar-refractivity contribution in [3.05, 3.63) is 68.9 Å². The van der Waals surface area contributed by atoms with Gasteiger partial charge in [-0.15, -0.1) is 6.58 Å². The first-order valence-electron chi connectivity index (χ1n) is 9.81. The molecule has 3 heterocycles. The fraction of sp³-hybridized carbons (Fsp3) is 0.381. The Balaban J connectivity index is 1.58. The highest BCUT2D eigenvalue weighted by Crippen LogP contribution is 2.21. The summed E-state index contributed by atoms with van der Waals surface area (Å²) in [6, 6.07) is 8.64. The van der Waals surface area contributed by atoms with Crippen LogP contribution in [-0.4, -0.2) is 50.2 Å². The molecule has 0 unspecified atom stereocenters. The Morgan fingerprint density at radius 3 is 2.48 bits per heavy atom. The lowest BCUT2D eigenvalue weighted by molar-refractivity contribution is 0.248. The van der Waals surface area contributed by atoms with E-state index in [1.54, 1.807) is 13.1 Å². The van der Waals surface area contributed by atoms with E-state index in [0.717, 1.165) is 32.7 Å². The van der Waals surface area contributed by atoms with Crippen LogP contribution in [0.3, 0.4) is 0 Å². The van der Waals surface area contributed by atoms with Crippen molar-refractivity contribution in [3.8, 4) is 0 Å². The van der Waals surface area contributed by atoms with Gasteiger partial charge in [-0.3, -0.25) is 19.2 Å². The minimum absolute atomic E-state index is 0.401. The Labute approximate surface area is 168 Å². The normalized spacial score (nSPS) is 15.2. The van der Waals surface area contributed by atoms with Gasteiger partial charge in [-0.25, -0.2) is 4.79 Å². The van der Waals surface area contributed by atoms with Gasteiger partial charge in [-0.2, -0.15) is 4.98 Å². The maximum absolute atomic E-state index is 12.4. The van der Waals surface area contributed by atoms with Crippen LogP contribution in [0.1, 0.15) is 11.1 Å². The van der Waals surface area contributed by atoms with Gasteiger partial charge in [0.25, 0.3) is 5.56 Å². The number of benzene rings is 1. The van der Waals surface area contributed by atoms with Crippen LogP contribution in [0, 0.1) is 6.92 Å². The number of anilines is 1. The maximum Gasteiger partial charge on any atom is 0.329 e. The first-order chi connectivity index (χ1) is 14.0. The summed E-state index contributed by atoms with van der Waals surface area (Å²) in [7, 11) is 1.62. The number of H-pyrrole nitrogens is 1. The summed E-state index contributed by atoms with van der Waals surface area (Å²) in [5.41, 5.74) is 2.51. The van der Waals surface area contributed by atoms with E-state index in [-0.39, 0.29) is 0 Å². The molecule has 29 heavy (non-hydrogen) atoms. The molecule has 1 aliphatic rings. The fourth-order valence-corrected chi connectivity index (χ4v) is 3.82. The van der Waals surface area contributed by atoms with Crippen molar-refractivity contribution in [2.75, 3.05) is 31.1 Å². The zero-order valence-corrected chi connectivity index (χ0v) is 16.9. The average Bonchev–Trinajstić information content (AvgIpc) is 3.09. The number of piperazine rings is 1. The Morgan fingerprint density at radius 1 is 1.14 bits per heavy atom. The van der Waals surface area contributed by atoms with E-state index >= 15 is 0 Å². The van der Waals surface area contributed by atoms with E-state index in [0.29, 0.717) is 23.7 Å². The molecular weight excluding hydrogens is 368 g/mol. The number of imidazole rings is 1. The minimum atomic E-state index is -0.458. The second-order valence-electron chi connectivity index (χ2n) is 7.55. The molecule has 0 aliphatic carbocycles. The molecule has 0 atom stereocenters. The smallest absolute Gasteiger partial charge is 0.329 e. The molecule has 0 bridgehead atoms. The van der Waals surface area contributed by atoms with Gasteiger partial charge in [0.1, 0.15) is 0 Å². The van der Waals surface area contributed by atoms with Crippen LogP contribution in [0.25, 0.3) is 11.2 Å². The number of allylic oxidation sites excluding steroid dienone is 1. The van der Waals surface area contributed by atoms with Gasteiger partial charge in [0.15, 0.2) is 11.2 Å². The summed E-state index contributed by atoms with van der Waals surface area (Å²) in [5.74, 6) is 0.710. The van der Waals surface area contributed by atoms with Crippen molar-refractivity contribution in [2.24, 2.45) is 7.05 Å². The van der Waals surface area contributed by atoms with Crippen LogP contribution in [-0.2, 0) is 20.1 Å². The topological polar surface area (TPSA) is 79.2 Å². The first-order valence-corrected chi connectivity index (χ1v) is 9.81. The summed E-state index contributed by atoms with van der Waals surface area (Å²) >= 11 is 0. The van der Waals surface area contributed by atoms with Crippen molar-refractivity contribution < 1.29 is 0 Å². The molecule has 3 aromatic rings. The predicted octanol–water partition coefficient (Wildman–Crippen LogP) is 1.24. The number of aromatic nitrogens is 4. The fourth-order valence-electron chi connectivity index (χ4n) is 3.82. The second kappa shape index (κ2) is 7.71. The summed E-state index contributed by atoms with van der Waals surface area (Å²) in [6.07, 6.45) is 1.74. The summed E-state index contributed by atoms with van der Waals surface area (Å²) in [6.45, 7) is 10.7. The second-order valence-corrected chi connectivity index (χ2v) is 7.55. The van der Waals surface area contributed by atoms with Gasteiger partial charge in [0.05, 0.1) is 0 Å². The maximum atomic E-state index is 12.4. The molecule has 0 spiro atoms. The zero-order valence-electron chi connectivity index (χ0n) is 16.9. The Hall–Kier alpha value is -3.13. The molecule has 152 valence electrons. The molecule has 1 aromatic carbocycles. The van der Waals surface area contributed by atoms with Crippen LogP contribution in [0.5, 0.6) is 0 Å². The Bertz CT molecular complexity index is 1150. The van der Waals surface area contributed by atoms with E-state index in [1.165, 1.54) is 15.7 Å². The van der Waals surface area contributed by atoms with E-state index in [4.69, 9.17) is 0 Å². The van der Waals surface area contributed by atoms with Crippen molar-refractivity contribution >= 4 is 17.1 Å². The average molecular weight is 394 g/mol. The van der Waals surface area contributed by atoms with Gasteiger partial charge >= 0.3 is 5.69 Å². The van der Waals surface area contributed by atoms with Gasteiger partial charge < -0.3 is 9.47 Å². The molecule has 0 radical (unpaired) electrons. The van der Waals surface area contributed by atoms with Crippen molar-refractivity contribution in [2.45, 2.75) is 20.0 Å². The third-order valence-electron chi connectivity index (χ3n) is 5.48. The standard InChI is InChI=1S/C21H26N6O2/c1-4-9-27-17-18(24(3)21(29)23-19(17)28)22-20(27)26-12-10-25(11-13-26)14-16-7-5-15(2)6-8-16/h4-8H,1,9-14H2,2-3H3,(H,23,28,29). The Kier molecular flexibility index (Phi) is 5.10. The van der Waals surface area contributed by atoms with E-state index in [9.17, 15) is 9.59 Å². The predicted molar refractivity (Wildman–Crippen MR) is 114 cm³/mol. The van der Waals surface area contributed by atoms with E-state index < -0.39 is 11.2 Å². The summed E-state index contributed by atoms with van der Waals surface area (Å²) in [4.78, 5) is 36.0. The number of nitrogens with zero attached hydrogens (tertiary/aromatic N) is 5. The number of fused-ring (bicyclic) bond motifs is 1. The van der Waals surface area contributed by atoms with Gasteiger partial charge in [0, 0.05) is 46.3 Å². The number of nitrogens with one attached hydrogen (secondary N) is 1. The molecule has 4 rings (SSSR count). The van der Waals surface area contributed by atoms with Gasteiger partial charge in [-0.1, -0.05) is 35.9 Å². The number of rotatable bonds is 5. The SMILES string of the molecule is C=CCn1c(N2CCN(Cc3ccc(C)cc3)CC2)nc2c1c(=O)[nH]c(=O)n2C. The summed E-state index contributed by atoms with van der Waals surface area (Å²) in [5, 5.41) is 0. The third-order valence-corrected chi connectivity index (χ3v) is 5.48. The molecule has 1 fully saturated rings. The van der Waals surface area contributed by atoms with Crippen LogP contribution in [0.2, 0.25) is 0 Å². The highest BCUT2D eigenvalue weighted by molar-refractivity contribution is 5.74. The minimum Gasteiger partial charge on any atom is -0.340 e. The molecule has 0 amide bonds. The molecule has 2 aromatic heterocycles. The molecule has 0 saturated carbocycles. The van der Waals surface area contributed by atoms with Crippen LogP contribution in [0.15, 0.2) is 46.5 Å². The molecule has 1 saturated heterocycles. The largest absolute Gasteiger partial charge is 0.340 e. The van der Waals surface area contributed by atoms with Crippen molar-refractivity contribution in [1.29, 1.82) is 0 Å². The van der Waals surface area contributed by atoms with E-state index in [2.05, 4.69) is 57.5 Å². The van der Waals surface area contributed by atoms with Crippen LogP contribution in [0.4, 0.5) is 5.95 Å². The lowest BCUT2D eigenvalue weighted by atomic mass is 10.1. The van der Waals surface area contributed by atoms with E-state index in [1.807, 2.05) is 4.57 Å². The number of hydrogen-bond donors (Lipinski definition) is 1. The van der Waals surface area contributed by atoms with Crippen molar-refractivity contribution in [1.82, 2.24) is 24.0 Å². The monoisotopic (exact) mass is 394 g/mol. The van der Waals surface area contributed by atoms with Crippen LogP contribution >= 0.6 is 0 Å². The zero-order chi connectivity index (χ0) is 20.5. The first kappa shape index (κ1) is 19.2. The summed E-state index contributed by atoms with van der Waals surface area (Å²) < 4.78 is 3.23. The highest BCUT2D eigenvalue weighted by Gasteiger charge is 2.24. The van der Waals surface area contributed by atoms with Gasteiger partial charge in [0.2, 0.25) is 5.95 Å². The highest BCUT2D eigenvalue weighted by atomic mass is 16.2. The molecule has 8 heteroatoms.